The first-order chi connectivity index (χ1) is 8.99. The van der Waals surface area contributed by atoms with Crippen molar-refractivity contribution in [3.05, 3.63) is 22.2 Å². The number of hydrogen-bond acceptors (Lipinski definition) is 4. The molecule has 19 heavy (non-hydrogen) atoms. The maximum absolute atomic E-state index is 10.5. The molecule has 0 aliphatic carbocycles. The fraction of sp³-hybridized carbons (Fsp3) is 0.462. The molecule has 0 radical (unpaired) electrons. The summed E-state index contributed by atoms with van der Waals surface area (Å²) < 4.78 is 11.3. The van der Waals surface area contributed by atoms with E-state index in [9.17, 15) is 4.79 Å². The molecule has 0 saturated heterocycles. The molecule has 0 aliphatic rings. The van der Waals surface area contributed by atoms with Gasteiger partial charge in [-0.3, -0.25) is 4.79 Å². The summed E-state index contributed by atoms with van der Waals surface area (Å²) in [6.45, 7) is 0. The molecule has 0 fully saturated rings. The number of methoxy groups -OCH3 is 2. The quantitative estimate of drug-likeness (QED) is 0.802. The van der Waals surface area contributed by atoms with Crippen LogP contribution >= 0.6 is 15.9 Å². The lowest BCUT2D eigenvalue weighted by atomic mass is 10.0. The van der Waals surface area contributed by atoms with Gasteiger partial charge in [-0.2, -0.15) is 0 Å². The summed E-state index contributed by atoms with van der Waals surface area (Å²) in [5.41, 5.74) is 6.93. The van der Waals surface area contributed by atoms with Gasteiger partial charge in [0, 0.05) is 28.6 Å². The van der Waals surface area contributed by atoms with Gasteiger partial charge in [0.1, 0.15) is 11.5 Å². The van der Waals surface area contributed by atoms with Crippen LogP contribution in [0.2, 0.25) is 0 Å². The Morgan fingerprint density at radius 1 is 1.42 bits per heavy atom. The lowest BCUT2D eigenvalue weighted by molar-refractivity contribution is -0.137. The van der Waals surface area contributed by atoms with Crippen molar-refractivity contribution in [3.63, 3.8) is 0 Å². The Balaban J connectivity index is 2.88. The molecule has 1 aromatic carbocycles. The zero-order chi connectivity index (χ0) is 14.4. The van der Waals surface area contributed by atoms with Crippen LogP contribution in [0.3, 0.4) is 0 Å². The number of carbonyl (C=O) groups is 1. The molecule has 0 saturated carbocycles. The molecule has 1 aromatic rings. The number of nitrogens with two attached hydrogens (primary N) is 1. The first-order valence-electron chi connectivity index (χ1n) is 5.88. The Labute approximate surface area is 120 Å². The Bertz CT molecular complexity index is 451. The van der Waals surface area contributed by atoms with Crippen LogP contribution in [-0.4, -0.2) is 25.3 Å². The Kier molecular flexibility index (Phi) is 6.11. The number of benzene rings is 1. The predicted octanol–water partition coefficient (Wildman–Crippen LogP) is 2.72. The second kappa shape index (κ2) is 7.35. The number of rotatable bonds is 7. The van der Waals surface area contributed by atoms with Crippen molar-refractivity contribution in [2.75, 3.05) is 14.2 Å². The van der Waals surface area contributed by atoms with E-state index in [1.807, 2.05) is 6.07 Å². The van der Waals surface area contributed by atoms with Gasteiger partial charge in [-0.25, -0.2) is 0 Å². The van der Waals surface area contributed by atoms with Gasteiger partial charge in [0.2, 0.25) is 0 Å². The zero-order valence-corrected chi connectivity index (χ0v) is 12.6. The largest absolute Gasteiger partial charge is 0.497 e. The summed E-state index contributed by atoms with van der Waals surface area (Å²) in [7, 11) is 3.14. The van der Waals surface area contributed by atoms with Crippen LogP contribution in [-0.2, 0) is 4.79 Å². The van der Waals surface area contributed by atoms with E-state index in [1.165, 1.54) is 0 Å². The molecule has 1 rings (SSSR count). The number of carboxylic acids is 1. The zero-order valence-electron chi connectivity index (χ0n) is 11.0. The Morgan fingerprint density at radius 2 is 2.11 bits per heavy atom. The van der Waals surface area contributed by atoms with Gasteiger partial charge in [-0.15, -0.1) is 0 Å². The van der Waals surface area contributed by atoms with Gasteiger partial charge in [-0.05, 0) is 18.9 Å². The number of ether oxygens (including phenoxy) is 2. The van der Waals surface area contributed by atoms with Crippen LogP contribution in [0.25, 0.3) is 0 Å². The van der Waals surface area contributed by atoms with Crippen molar-refractivity contribution in [2.45, 2.75) is 25.3 Å². The molecular formula is C13H18BrNO4. The van der Waals surface area contributed by atoms with Gasteiger partial charge in [0.05, 0.1) is 14.2 Å². The van der Waals surface area contributed by atoms with Crippen LogP contribution in [0.5, 0.6) is 11.5 Å². The molecule has 1 unspecified atom stereocenters. The molecule has 0 aliphatic heterocycles. The first-order valence-corrected chi connectivity index (χ1v) is 6.67. The van der Waals surface area contributed by atoms with Crippen molar-refractivity contribution in [1.29, 1.82) is 0 Å². The molecule has 0 amide bonds. The summed E-state index contributed by atoms with van der Waals surface area (Å²) in [6, 6.07) is 3.29. The van der Waals surface area contributed by atoms with Gasteiger partial charge in [-0.1, -0.05) is 15.9 Å². The van der Waals surface area contributed by atoms with Crippen LogP contribution in [0.4, 0.5) is 0 Å². The third-order valence-corrected chi connectivity index (χ3v) is 3.45. The molecule has 0 spiro atoms. The minimum Gasteiger partial charge on any atom is -0.497 e. The highest BCUT2D eigenvalue weighted by Gasteiger charge is 2.17. The van der Waals surface area contributed by atoms with Crippen molar-refractivity contribution in [2.24, 2.45) is 5.73 Å². The van der Waals surface area contributed by atoms with Crippen LogP contribution in [0.1, 0.15) is 30.9 Å². The van der Waals surface area contributed by atoms with Crippen LogP contribution in [0, 0.1) is 0 Å². The van der Waals surface area contributed by atoms with Gasteiger partial charge >= 0.3 is 5.97 Å². The molecule has 0 bridgehead atoms. The van der Waals surface area contributed by atoms with E-state index in [0.29, 0.717) is 24.3 Å². The van der Waals surface area contributed by atoms with Crippen LogP contribution < -0.4 is 15.2 Å². The van der Waals surface area contributed by atoms with E-state index in [2.05, 4.69) is 15.9 Å². The van der Waals surface area contributed by atoms with E-state index in [4.69, 9.17) is 20.3 Å². The molecule has 106 valence electrons. The highest BCUT2D eigenvalue weighted by atomic mass is 79.9. The van der Waals surface area contributed by atoms with E-state index in [-0.39, 0.29) is 12.5 Å². The maximum Gasteiger partial charge on any atom is 0.303 e. The van der Waals surface area contributed by atoms with Crippen molar-refractivity contribution < 1.29 is 19.4 Å². The van der Waals surface area contributed by atoms with E-state index < -0.39 is 5.97 Å². The molecule has 0 heterocycles. The Hall–Kier alpha value is -1.27. The molecule has 0 aromatic heterocycles. The lowest BCUT2D eigenvalue weighted by Gasteiger charge is -2.18. The fourth-order valence-corrected chi connectivity index (χ4v) is 2.55. The smallest absolute Gasteiger partial charge is 0.303 e. The molecule has 3 N–H and O–H groups in total. The summed E-state index contributed by atoms with van der Waals surface area (Å²) in [5.74, 6) is 0.493. The minimum absolute atomic E-state index is 0.115. The second-order valence-electron chi connectivity index (χ2n) is 4.12. The Morgan fingerprint density at radius 3 is 2.63 bits per heavy atom. The average Bonchev–Trinajstić information content (AvgIpc) is 2.36. The van der Waals surface area contributed by atoms with Gasteiger partial charge in [0.25, 0.3) is 0 Å². The minimum atomic E-state index is -0.812. The molecule has 5 nitrogen and oxygen atoms in total. The highest BCUT2D eigenvalue weighted by Crippen LogP contribution is 2.37. The van der Waals surface area contributed by atoms with Crippen molar-refractivity contribution >= 4 is 21.9 Å². The predicted molar refractivity (Wildman–Crippen MR) is 75.7 cm³/mol. The molecular weight excluding hydrogens is 314 g/mol. The highest BCUT2D eigenvalue weighted by molar-refractivity contribution is 9.10. The standard InChI is InChI=1S/C13H18BrNO4/c1-18-8-6-9(14)13(11(7-8)19-2)10(15)4-3-5-12(16)17/h6-7,10H,3-5,15H2,1-2H3,(H,16,17). The monoisotopic (exact) mass is 331 g/mol. The van der Waals surface area contributed by atoms with E-state index >= 15 is 0 Å². The number of halogens is 1. The first kappa shape index (κ1) is 15.8. The fourth-order valence-electron chi connectivity index (χ4n) is 1.83. The third kappa shape index (κ3) is 4.40. The molecule has 1 atom stereocenters. The summed E-state index contributed by atoms with van der Waals surface area (Å²) in [6.07, 6.45) is 1.22. The van der Waals surface area contributed by atoms with Gasteiger partial charge in [0.15, 0.2) is 0 Å². The maximum atomic E-state index is 10.5. The van der Waals surface area contributed by atoms with E-state index in [0.717, 1.165) is 10.0 Å². The summed E-state index contributed by atoms with van der Waals surface area (Å²) in [4.78, 5) is 10.5. The topological polar surface area (TPSA) is 81.8 Å². The van der Waals surface area contributed by atoms with Crippen LogP contribution in [0.15, 0.2) is 16.6 Å². The van der Waals surface area contributed by atoms with Crippen molar-refractivity contribution in [3.8, 4) is 11.5 Å². The van der Waals surface area contributed by atoms with E-state index in [1.54, 1.807) is 20.3 Å². The lowest BCUT2D eigenvalue weighted by Crippen LogP contribution is -2.13. The summed E-state index contributed by atoms with van der Waals surface area (Å²) >= 11 is 3.44. The van der Waals surface area contributed by atoms with Crippen molar-refractivity contribution in [1.82, 2.24) is 0 Å². The van der Waals surface area contributed by atoms with Gasteiger partial charge < -0.3 is 20.3 Å². The normalized spacial score (nSPS) is 12.0. The number of carboxylic acid groups (broad SMARTS) is 1. The summed E-state index contributed by atoms with van der Waals surface area (Å²) in [5, 5.41) is 8.63. The second-order valence-corrected chi connectivity index (χ2v) is 4.97. The number of hydrogen-bond donors (Lipinski definition) is 2. The number of aliphatic carboxylic acids is 1. The SMILES string of the molecule is COc1cc(Br)c(C(N)CCCC(=O)O)c(OC)c1. The third-order valence-electron chi connectivity index (χ3n) is 2.80. The molecule has 6 heteroatoms. The average molecular weight is 332 g/mol.